The molecular weight excluding hydrogens is 292 g/mol. The van der Waals surface area contributed by atoms with E-state index in [0.717, 1.165) is 30.9 Å². The van der Waals surface area contributed by atoms with Gasteiger partial charge < -0.3 is 10.1 Å². The summed E-state index contributed by atoms with van der Waals surface area (Å²) >= 11 is 3.20. The number of nitrogens with one attached hydrogen (secondary N) is 1. The van der Waals surface area contributed by atoms with Crippen LogP contribution in [-0.2, 0) is 15.3 Å². The van der Waals surface area contributed by atoms with Gasteiger partial charge in [0.15, 0.2) is 0 Å². The van der Waals surface area contributed by atoms with Crippen LogP contribution in [-0.4, -0.2) is 35.4 Å². The Morgan fingerprint density at radius 3 is 3.30 bits per heavy atom. The monoisotopic (exact) mass is 314 g/mol. The zero-order chi connectivity index (χ0) is 14.2. The first kappa shape index (κ1) is 15.8. The minimum Gasteiger partial charge on any atom is -0.378 e. The molecule has 0 spiro atoms. The Morgan fingerprint density at radius 2 is 2.60 bits per heavy atom. The number of hydrogen-bond donors (Lipinski definition) is 1. The number of rotatable bonds is 8. The summed E-state index contributed by atoms with van der Waals surface area (Å²) in [5.41, 5.74) is 2.88. The van der Waals surface area contributed by atoms with E-state index in [1.54, 1.807) is 23.1 Å². The second kappa shape index (κ2) is 8.64. The predicted molar refractivity (Wildman–Crippen MR) is 84.1 cm³/mol. The van der Waals surface area contributed by atoms with Gasteiger partial charge in [0, 0.05) is 23.8 Å². The minimum atomic E-state index is 0.116. The van der Waals surface area contributed by atoms with Crippen LogP contribution in [0.2, 0.25) is 0 Å². The first-order valence-electron chi connectivity index (χ1n) is 7.10. The molecule has 1 aliphatic rings. The molecule has 2 rings (SSSR count). The first-order chi connectivity index (χ1) is 9.74. The smallest absolute Gasteiger partial charge is 0.230 e. The van der Waals surface area contributed by atoms with Crippen molar-refractivity contribution < 1.29 is 9.53 Å². The summed E-state index contributed by atoms with van der Waals surface area (Å²) in [5.74, 6) is 1.42. The summed E-state index contributed by atoms with van der Waals surface area (Å²) in [6.45, 7) is 2.97. The van der Waals surface area contributed by atoms with Gasteiger partial charge in [-0.15, -0.1) is 23.1 Å². The number of thioether (sulfide) groups is 1. The zero-order valence-corrected chi connectivity index (χ0v) is 13.5. The van der Waals surface area contributed by atoms with Gasteiger partial charge >= 0.3 is 0 Å². The molecular formula is C14H22N2O2S2. The van der Waals surface area contributed by atoms with Gasteiger partial charge in [0.25, 0.3) is 0 Å². The third kappa shape index (κ3) is 5.81. The third-order valence-corrected chi connectivity index (χ3v) is 4.92. The van der Waals surface area contributed by atoms with Crippen molar-refractivity contribution in [3.63, 3.8) is 0 Å². The van der Waals surface area contributed by atoms with Gasteiger partial charge in [0.2, 0.25) is 5.91 Å². The number of carbonyl (C=O) groups excluding carboxylic acids is 1. The van der Waals surface area contributed by atoms with Gasteiger partial charge in [-0.2, -0.15) is 0 Å². The average molecular weight is 314 g/mol. The molecule has 2 heterocycles. The van der Waals surface area contributed by atoms with Gasteiger partial charge in [0.1, 0.15) is 0 Å². The molecule has 0 saturated carbocycles. The maximum absolute atomic E-state index is 11.8. The Morgan fingerprint density at radius 1 is 1.70 bits per heavy atom. The van der Waals surface area contributed by atoms with E-state index < -0.39 is 0 Å². The van der Waals surface area contributed by atoms with Gasteiger partial charge in [-0.1, -0.05) is 0 Å². The van der Waals surface area contributed by atoms with E-state index in [9.17, 15) is 4.79 Å². The number of nitrogens with zero attached hydrogens (tertiary/aromatic N) is 1. The second-order valence-electron chi connectivity index (χ2n) is 5.15. The largest absolute Gasteiger partial charge is 0.378 e. The lowest BCUT2D eigenvalue weighted by Crippen LogP contribution is -2.34. The summed E-state index contributed by atoms with van der Waals surface area (Å²) in [6, 6.07) is 0.228. The van der Waals surface area contributed by atoms with E-state index >= 15 is 0 Å². The molecule has 1 N–H and O–H groups in total. The van der Waals surface area contributed by atoms with Gasteiger partial charge in [-0.3, -0.25) is 4.79 Å². The second-order valence-corrected chi connectivity index (χ2v) is 6.86. The predicted octanol–water partition coefficient (Wildman–Crippen LogP) is 2.84. The summed E-state index contributed by atoms with van der Waals surface area (Å²) in [4.78, 5) is 16.0. The van der Waals surface area contributed by atoms with Crippen LogP contribution in [0.15, 0.2) is 10.9 Å². The van der Waals surface area contributed by atoms with E-state index in [2.05, 4.69) is 17.2 Å². The molecule has 2 unspecified atom stereocenters. The van der Waals surface area contributed by atoms with Gasteiger partial charge in [0.05, 0.1) is 23.1 Å². The van der Waals surface area contributed by atoms with Crippen molar-refractivity contribution in [2.45, 2.75) is 50.5 Å². The number of hydrogen-bond acceptors (Lipinski definition) is 5. The van der Waals surface area contributed by atoms with Crippen LogP contribution in [0.4, 0.5) is 0 Å². The molecule has 0 aromatic carbocycles. The molecule has 2 atom stereocenters. The molecule has 1 aromatic rings. The fourth-order valence-electron chi connectivity index (χ4n) is 2.25. The van der Waals surface area contributed by atoms with Crippen molar-refractivity contribution in [1.82, 2.24) is 10.3 Å². The Labute approximate surface area is 128 Å². The molecule has 1 saturated heterocycles. The molecule has 4 nitrogen and oxygen atoms in total. The highest BCUT2D eigenvalue weighted by Gasteiger charge is 2.17. The Kier molecular flexibility index (Phi) is 6.82. The maximum Gasteiger partial charge on any atom is 0.230 e. The molecule has 0 radical (unpaired) electrons. The zero-order valence-electron chi connectivity index (χ0n) is 11.8. The first-order valence-corrected chi connectivity index (χ1v) is 9.19. The third-order valence-electron chi connectivity index (χ3n) is 3.32. The van der Waals surface area contributed by atoms with Crippen LogP contribution in [0, 0.1) is 0 Å². The topological polar surface area (TPSA) is 51.2 Å². The Balaban J connectivity index is 1.53. The van der Waals surface area contributed by atoms with Crippen molar-refractivity contribution in [3.05, 3.63) is 16.6 Å². The van der Waals surface area contributed by atoms with Crippen LogP contribution in [0.1, 0.15) is 38.3 Å². The van der Waals surface area contributed by atoms with Crippen LogP contribution >= 0.6 is 23.1 Å². The highest BCUT2D eigenvalue weighted by Crippen LogP contribution is 2.17. The molecule has 1 aromatic heterocycles. The molecule has 1 aliphatic heterocycles. The summed E-state index contributed by atoms with van der Waals surface area (Å²) in [6.07, 6.45) is 4.80. The van der Waals surface area contributed by atoms with Gasteiger partial charge in [-0.25, -0.2) is 4.98 Å². The van der Waals surface area contributed by atoms with Crippen LogP contribution in [0.25, 0.3) is 0 Å². The van der Waals surface area contributed by atoms with Crippen LogP contribution in [0.3, 0.4) is 0 Å². The van der Waals surface area contributed by atoms with Crippen LogP contribution < -0.4 is 5.32 Å². The van der Waals surface area contributed by atoms with E-state index in [1.165, 1.54) is 12.8 Å². The van der Waals surface area contributed by atoms with Crippen molar-refractivity contribution >= 4 is 29.0 Å². The number of amides is 1. The lowest BCUT2D eigenvalue weighted by molar-refractivity contribution is -0.119. The Hall–Kier alpha value is -0.590. The molecule has 0 aliphatic carbocycles. The standard InChI is InChI=1S/C14H22N2O2S2/c1-11(4-5-13-3-2-6-18-13)16-14(17)9-19-7-12-8-20-10-15-12/h8,10-11,13H,2-7,9H2,1H3,(H,16,17). The normalized spacial score (nSPS) is 19.9. The number of carbonyl (C=O) groups is 1. The lowest BCUT2D eigenvalue weighted by Gasteiger charge is -2.16. The summed E-state index contributed by atoms with van der Waals surface area (Å²) < 4.78 is 5.59. The van der Waals surface area contributed by atoms with E-state index in [1.807, 2.05) is 10.9 Å². The average Bonchev–Trinajstić information content (AvgIpc) is 3.09. The lowest BCUT2D eigenvalue weighted by atomic mass is 10.1. The van der Waals surface area contributed by atoms with Gasteiger partial charge in [-0.05, 0) is 32.6 Å². The summed E-state index contributed by atoms with van der Waals surface area (Å²) in [7, 11) is 0. The molecule has 20 heavy (non-hydrogen) atoms. The van der Waals surface area contributed by atoms with Crippen LogP contribution in [0.5, 0.6) is 0 Å². The molecule has 0 bridgehead atoms. The quantitative estimate of drug-likeness (QED) is 0.801. The van der Waals surface area contributed by atoms with Crippen molar-refractivity contribution in [1.29, 1.82) is 0 Å². The Bertz CT molecular complexity index is 392. The number of thiazole rings is 1. The minimum absolute atomic E-state index is 0.116. The van der Waals surface area contributed by atoms with E-state index in [0.29, 0.717) is 11.9 Å². The van der Waals surface area contributed by atoms with Crippen molar-refractivity contribution in [2.24, 2.45) is 0 Å². The SMILES string of the molecule is CC(CCC1CCCO1)NC(=O)CSCc1cscn1. The fraction of sp³-hybridized carbons (Fsp3) is 0.714. The molecule has 1 amide bonds. The fourth-order valence-corrected chi connectivity index (χ4v) is 3.66. The molecule has 6 heteroatoms. The maximum atomic E-state index is 11.8. The van der Waals surface area contributed by atoms with Crippen molar-refractivity contribution in [2.75, 3.05) is 12.4 Å². The van der Waals surface area contributed by atoms with E-state index in [4.69, 9.17) is 4.74 Å². The highest BCUT2D eigenvalue weighted by atomic mass is 32.2. The number of aromatic nitrogens is 1. The molecule has 112 valence electrons. The summed E-state index contributed by atoms with van der Waals surface area (Å²) in [5, 5.41) is 5.07. The highest BCUT2D eigenvalue weighted by molar-refractivity contribution is 7.99. The number of ether oxygens (including phenoxy) is 1. The van der Waals surface area contributed by atoms with E-state index in [-0.39, 0.29) is 11.9 Å². The molecule has 1 fully saturated rings. The van der Waals surface area contributed by atoms with Crippen molar-refractivity contribution in [3.8, 4) is 0 Å².